The van der Waals surface area contributed by atoms with Gasteiger partial charge in [-0.1, -0.05) is 18.2 Å². The zero-order chi connectivity index (χ0) is 26.3. The second kappa shape index (κ2) is 11.7. The lowest BCUT2D eigenvalue weighted by molar-refractivity contribution is -0.385. The molecule has 0 aliphatic heterocycles. The molecular formula is C24H24N4O6S2. The molecule has 0 saturated heterocycles. The van der Waals surface area contributed by atoms with Crippen LogP contribution < -0.4 is 14.5 Å². The van der Waals surface area contributed by atoms with E-state index in [4.69, 9.17) is 4.74 Å². The Bertz CT molecular complexity index is 1370. The molecule has 12 heteroatoms. The summed E-state index contributed by atoms with van der Waals surface area (Å²) in [6, 6.07) is 17.1. The summed E-state index contributed by atoms with van der Waals surface area (Å²) < 4.78 is 33.0. The standard InChI is InChI=1S/C24H24N4O6S2/c1-17-4-13-22(14-23(17)28(30)31)36(32,33)27(19-7-9-20(34-2)10-8-19)16-24(29)26-25-15-18-5-11-21(35-3)12-6-18/h4-15H,16H2,1-3H3,(H,26,29)/b25-15-. The lowest BCUT2D eigenvalue weighted by Crippen LogP contribution is -2.39. The fourth-order valence-corrected chi connectivity index (χ4v) is 5.02. The van der Waals surface area contributed by atoms with Crippen LogP contribution in [0.4, 0.5) is 11.4 Å². The van der Waals surface area contributed by atoms with Gasteiger partial charge in [0.05, 0.1) is 28.8 Å². The number of methoxy groups -OCH3 is 1. The highest BCUT2D eigenvalue weighted by Gasteiger charge is 2.29. The van der Waals surface area contributed by atoms with E-state index in [0.29, 0.717) is 11.3 Å². The number of anilines is 1. The number of thioether (sulfide) groups is 1. The number of sulfonamides is 1. The molecule has 3 aromatic rings. The second-order valence-corrected chi connectivity index (χ2v) is 10.2. The Balaban J connectivity index is 1.89. The van der Waals surface area contributed by atoms with E-state index >= 15 is 0 Å². The molecule has 0 heterocycles. The summed E-state index contributed by atoms with van der Waals surface area (Å²) in [5.41, 5.74) is 3.22. The van der Waals surface area contributed by atoms with Crippen molar-refractivity contribution in [2.45, 2.75) is 16.7 Å². The number of ether oxygens (including phenoxy) is 1. The minimum atomic E-state index is -4.35. The fraction of sp³-hybridized carbons (Fsp3) is 0.167. The Morgan fingerprint density at radius 2 is 1.81 bits per heavy atom. The summed E-state index contributed by atoms with van der Waals surface area (Å²) in [6.45, 7) is 0.898. The molecule has 36 heavy (non-hydrogen) atoms. The number of carbonyl (C=O) groups excluding carboxylic acids is 1. The summed E-state index contributed by atoms with van der Waals surface area (Å²) >= 11 is 1.59. The fourth-order valence-electron chi connectivity index (χ4n) is 3.17. The summed E-state index contributed by atoms with van der Waals surface area (Å²) in [7, 11) is -2.89. The number of hydrazone groups is 1. The SMILES string of the molecule is COc1ccc(N(CC(=O)N/N=C\c2ccc(SC)cc2)S(=O)(=O)c2ccc(C)c([N+](=O)[O-])c2)cc1. The van der Waals surface area contributed by atoms with Crippen molar-refractivity contribution >= 4 is 45.3 Å². The Kier molecular flexibility index (Phi) is 8.67. The zero-order valence-corrected chi connectivity index (χ0v) is 21.4. The Hall–Kier alpha value is -3.90. The van der Waals surface area contributed by atoms with Crippen molar-refractivity contribution in [3.63, 3.8) is 0 Å². The average molecular weight is 529 g/mol. The van der Waals surface area contributed by atoms with E-state index in [-0.39, 0.29) is 16.3 Å². The van der Waals surface area contributed by atoms with Gasteiger partial charge in [-0.05, 0) is 61.2 Å². The maximum absolute atomic E-state index is 13.5. The second-order valence-electron chi connectivity index (χ2n) is 7.48. The maximum atomic E-state index is 13.5. The molecule has 0 bridgehead atoms. The number of carbonyl (C=O) groups is 1. The molecule has 0 spiro atoms. The van der Waals surface area contributed by atoms with Gasteiger partial charge < -0.3 is 4.74 Å². The number of hydrogen-bond acceptors (Lipinski definition) is 8. The number of nitrogens with one attached hydrogen (secondary N) is 1. The number of nitro groups is 1. The first-order valence-electron chi connectivity index (χ1n) is 10.5. The van der Waals surface area contributed by atoms with Crippen LogP contribution >= 0.6 is 11.8 Å². The third kappa shape index (κ3) is 6.40. The minimum Gasteiger partial charge on any atom is -0.497 e. The summed E-state index contributed by atoms with van der Waals surface area (Å²) in [5.74, 6) is -0.211. The first kappa shape index (κ1) is 26.7. The summed E-state index contributed by atoms with van der Waals surface area (Å²) in [6.07, 6.45) is 3.40. The minimum absolute atomic E-state index is 0.172. The van der Waals surface area contributed by atoms with Crippen molar-refractivity contribution in [3.8, 4) is 5.75 Å². The molecule has 0 saturated carbocycles. The monoisotopic (exact) mass is 528 g/mol. The number of rotatable bonds is 10. The van der Waals surface area contributed by atoms with Gasteiger partial charge in [-0.25, -0.2) is 13.8 Å². The van der Waals surface area contributed by atoms with Crippen molar-refractivity contribution in [1.29, 1.82) is 0 Å². The summed E-state index contributed by atoms with van der Waals surface area (Å²) in [5, 5.41) is 15.3. The maximum Gasteiger partial charge on any atom is 0.273 e. The van der Waals surface area contributed by atoms with Crippen LogP contribution in [0.2, 0.25) is 0 Å². The molecule has 10 nitrogen and oxygen atoms in total. The van der Waals surface area contributed by atoms with Crippen molar-refractivity contribution in [1.82, 2.24) is 5.43 Å². The van der Waals surface area contributed by atoms with E-state index < -0.39 is 27.4 Å². The molecule has 1 N–H and O–H groups in total. The van der Waals surface area contributed by atoms with E-state index in [9.17, 15) is 23.3 Å². The van der Waals surface area contributed by atoms with E-state index in [1.807, 2.05) is 30.5 Å². The van der Waals surface area contributed by atoms with Crippen molar-refractivity contribution < 1.29 is 22.9 Å². The molecule has 188 valence electrons. The number of nitrogens with zero attached hydrogens (tertiary/aromatic N) is 3. The van der Waals surface area contributed by atoms with Gasteiger partial charge in [0.25, 0.3) is 21.6 Å². The Morgan fingerprint density at radius 3 is 2.39 bits per heavy atom. The third-order valence-electron chi connectivity index (χ3n) is 5.13. The van der Waals surface area contributed by atoms with Gasteiger partial charge in [-0.2, -0.15) is 5.10 Å². The number of aryl methyl sites for hydroxylation is 1. The molecule has 0 unspecified atom stereocenters. The van der Waals surface area contributed by atoms with E-state index in [1.165, 1.54) is 44.5 Å². The largest absolute Gasteiger partial charge is 0.497 e. The van der Waals surface area contributed by atoms with Gasteiger partial charge in [-0.15, -0.1) is 11.8 Å². The van der Waals surface area contributed by atoms with E-state index in [2.05, 4.69) is 10.5 Å². The van der Waals surface area contributed by atoms with Crippen LogP contribution in [0.15, 0.2) is 81.6 Å². The highest BCUT2D eigenvalue weighted by atomic mass is 32.2. The molecular weight excluding hydrogens is 504 g/mol. The van der Waals surface area contributed by atoms with Crippen molar-refractivity contribution in [2.24, 2.45) is 5.10 Å². The summed E-state index contributed by atoms with van der Waals surface area (Å²) in [4.78, 5) is 24.1. The highest BCUT2D eigenvalue weighted by Crippen LogP contribution is 2.29. The first-order valence-corrected chi connectivity index (χ1v) is 13.2. The highest BCUT2D eigenvalue weighted by molar-refractivity contribution is 7.98. The topological polar surface area (TPSA) is 131 Å². The molecule has 1 amide bonds. The molecule has 3 aromatic carbocycles. The number of benzene rings is 3. The van der Waals surface area contributed by atoms with Gasteiger partial charge in [0.15, 0.2) is 0 Å². The normalized spacial score (nSPS) is 11.3. The number of amides is 1. The molecule has 0 atom stereocenters. The van der Waals surface area contributed by atoms with E-state index in [1.54, 1.807) is 23.9 Å². The van der Waals surface area contributed by atoms with Gasteiger partial charge in [0, 0.05) is 16.5 Å². The van der Waals surface area contributed by atoms with Crippen molar-refractivity contribution in [3.05, 3.63) is 88.0 Å². The van der Waals surface area contributed by atoms with Crippen LogP contribution in [-0.2, 0) is 14.8 Å². The van der Waals surface area contributed by atoms with Crippen LogP contribution in [0.25, 0.3) is 0 Å². The Labute approximate surface area is 213 Å². The van der Waals surface area contributed by atoms with Gasteiger partial charge >= 0.3 is 0 Å². The lowest BCUT2D eigenvalue weighted by atomic mass is 10.2. The molecule has 0 aliphatic carbocycles. The quantitative estimate of drug-likeness (QED) is 0.182. The number of hydrogen-bond donors (Lipinski definition) is 1. The zero-order valence-electron chi connectivity index (χ0n) is 19.7. The molecule has 0 radical (unpaired) electrons. The predicted octanol–water partition coefficient (Wildman–Crippen LogP) is 3.98. The number of nitro benzene ring substituents is 1. The van der Waals surface area contributed by atoms with Crippen LogP contribution in [0.1, 0.15) is 11.1 Å². The van der Waals surface area contributed by atoms with E-state index in [0.717, 1.165) is 20.8 Å². The smallest absolute Gasteiger partial charge is 0.273 e. The first-order chi connectivity index (χ1) is 17.1. The third-order valence-corrected chi connectivity index (χ3v) is 7.65. The van der Waals surface area contributed by atoms with Gasteiger partial charge in [-0.3, -0.25) is 19.2 Å². The van der Waals surface area contributed by atoms with Gasteiger partial charge in [0.2, 0.25) is 0 Å². The van der Waals surface area contributed by atoms with Gasteiger partial charge in [0.1, 0.15) is 12.3 Å². The predicted molar refractivity (Wildman–Crippen MR) is 139 cm³/mol. The van der Waals surface area contributed by atoms with Crippen molar-refractivity contribution in [2.75, 3.05) is 24.2 Å². The van der Waals surface area contributed by atoms with Crippen LogP contribution in [0.5, 0.6) is 5.75 Å². The molecule has 0 aliphatic rings. The van der Waals surface area contributed by atoms with Crippen LogP contribution in [-0.4, -0.2) is 45.4 Å². The molecule has 0 fully saturated rings. The lowest BCUT2D eigenvalue weighted by Gasteiger charge is -2.24. The van der Waals surface area contributed by atoms with Crippen LogP contribution in [0, 0.1) is 17.0 Å². The Morgan fingerprint density at radius 1 is 1.14 bits per heavy atom. The molecule has 0 aromatic heterocycles. The van der Waals surface area contributed by atoms with Crippen LogP contribution in [0.3, 0.4) is 0 Å². The average Bonchev–Trinajstić information content (AvgIpc) is 2.87. The molecule has 3 rings (SSSR count).